The smallest absolute Gasteiger partial charge is 0.00900 e. The lowest BCUT2D eigenvalue weighted by atomic mass is 9.97. The Balaban J connectivity index is 0. The zero-order valence-corrected chi connectivity index (χ0v) is 12.8. The van der Waals surface area contributed by atoms with Gasteiger partial charge in [-0.3, -0.25) is 0 Å². The highest BCUT2D eigenvalue weighted by molar-refractivity contribution is 4.75. The molecule has 1 aliphatic rings. The summed E-state index contributed by atoms with van der Waals surface area (Å²) in [6, 6.07) is 0.859. The second-order valence-corrected chi connectivity index (χ2v) is 4.19. The van der Waals surface area contributed by atoms with Crippen LogP contribution >= 0.6 is 0 Å². The van der Waals surface area contributed by atoms with Crippen LogP contribution < -0.4 is 0 Å². The molecule has 0 bridgehead atoms. The van der Waals surface area contributed by atoms with Crippen LogP contribution in [0.4, 0.5) is 0 Å². The molecule has 0 radical (unpaired) electrons. The molecule has 1 heterocycles. The van der Waals surface area contributed by atoms with E-state index in [9.17, 15) is 0 Å². The molecule has 0 aromatic heterocycles. The van der Waals surface area contributed by atoms with Crippen LogP contribution in [0.25, 0.3) is 0 Å². The molecule has 1 aliphatic heterocycles. The van der Waals surface area contributed by atoms with E-state index in [4.69, 9.17) is 0 Å². The van der Waals surface area contributed by atoms with Gasteiger partial charge in [-0.1, -0.05) is 48.5 Å². The van der Waals surface area contributed by atoms with Crippen molar-refractivity contribution in [2.75, 3.05) is 13.1 Å². The summed E-state index contributed by atoms with van der Waals surface area (Å²) in [7, 11) is 0. The summed E-state index contributed by atoms with van der Waals surface area (Å²) in [5.74, 6) is 0.968. The fourth-order valence-electron chi connectivity index (χ4n) is 2.20. The van der Waals surface area contributed by atoms with Gasteiger partial charge in [0.05, 0.1) is 0 Å². The van der Waals surface area contributed by atoms with Gasteiger partial charge in [0, 0.05) is 6.04 Å². The number of hydrogen-bond acceptors (Lipinski definition) is 1. The second kappa shape index (κ2) is 13.0. The quantitative estimate of drug-likeness (QED) is 0.661. The van der Waals surface area contributed by atoms with E-state index in [1.54, 1.807) is 0 Å². The molecule has 100 valence electrons. The summed E-state index contributed by atoms with van der Waals surface area (Å²) >= 11 is 0. The van der Waals surface area contributed by atoms with Crippen LogP contribution in [-0.4, -0.2) is 24.0 Å². The maximum absolute atomic E-state index is 2.68. The number of piperidine rings is 1. The van der Waals surface area contributed by atoms with Crippen LogP contribution in [-0.2, 0) is 0 Å². The van der Waals surface area contributed by atoms with E-state index in [0.29, 0.717) is 0 Å². The Morgan fingerprint density at radius 1 is 0.938 bits per heavy atom. The van der Waals surface area contributed by atoms with Crippen molar-refractivity contribution in [3.8, 4) is 0 Å². The lowest BCUT2D eigenvalue weighted by molar-refractivity contribution is 0.131. The molecular formula is C15H35N. The molecule has 0 atom stereocenters. The Morgan fingerprint density at radius 2 is 1.31 bits per heavy atom. The molecule has 0 amide bonds. The minimum Gasteiger partial charge on any atom is -0.300 e. The van der Waals surface area contributed by atoms with Gasteiger partial charge in [0.2, 0.25) is 0 Å². The summed E-state index contributed by atoms with van der Waals surface area (Å²) in [5, 5.41) is 0. The van der Waals surface area contributed by atoms with Crippen molar-refractivity contribution in [3.05, 3.63) is 0 Å². The molecule has 0 aromatic rings. The Bertz CT molecular complexity index is 111. The molecule has 1 fully saturated rings. The standard InChI is InChI=1S/C11H23N.2C2H6/c1-4-11(5-2)12-8-6-10(3)7-9-12;2*1-2/h10-11H,4-9H2,1-3H3;2*1-2H3. The summed E-state index contributed by atoms with van der Waals surface area (Å²) in [6.07, 6.45) is 5.47. The van der Waals surface area contributed by atoms with Crippen molar-refractivity contribution in [2.24, 2.45) is 5.92 Å². The van der Waals surface area contributed by atoms with Gasteiger partial charge in [-0.2, -0.15) is 0 Å². The van der Waals surface area contributed by atoms with Crippen LogP contribution in [0.15, 0.2) is 0 Å². The first-order chi connectivity index (χ1) is 7.77. The number of hydrogen-bond donors (Lipinski definition) is 0. The third kappa shape index (κ3) is 7.27. The first kappa shape index (κ1) is 18.3. The Hall–Kier alpha value is -0.0400. The van der Waals surface area contributed by atoms with E-state index in [1.165, 1.54) is 38.8 Å². The predicted molar refractivity (Wildman–Crippen MR) is 77.0 cm³/mol. The maximum Gasteiger partial charge on any atom is 0.00900 e. The van der Waals surface area contributed by atoms with Crippen LogP contribution in [0.1, 0.15) is 74.1 Å². The lowest BCUT2D eigenvalue weighted by Gasteiger charge is -2.35. The molecule has 0 aromatic carbocycles. The van der Waals surface area contributed by atoms with Crippen molar-refractivity contribution in [2.45, 2.75) is 80.2 Å². The summed E-state index contributed by atoms with van der Waals surface area (Å²) in [5.41, 5.74) is 0. The average Bonchev–Trinajstić information content (AvgIpc) is 2.38. The largest absolute Gasteiger partial charge is 0.300 e. The topological polar surface area (TPSA) is 3.24 Å². The highest BCUT2D eigenvalue weighted by Gasteiger charge is 2.20. The average molecular weight is 229 g/mol. The molecule has 16 heavy (non-hydrogen) atoms. The van der Waals surface area contributed by atoms with Gasteiger partial charge in [0.25, 0.3) is 0 Å². The summed E-state index contributed by atoms with van der Waals surface area (Å²) < 4.78 is 0. The van der Waals surface area contributed by atoms with E-state index in [2.05, 4.69) is 25.7 Å². The van der Waals surface area contributed by atoms with Gasteiger partial charge in [-0.05, 0) is 44.7 Å². The molecule has 0 spiro atoms. The molecule has 0 saturated carbocycles. The molecule has 1 saturated heterocycles. The maximum atomic E-state index is 2.68. The SMILES string of the molecule is CC.CC.CCC(CC)N1CCC(C)CC1. The highest BCUT2D eigenvalue weighted by atomic mass is 15.2. The van der Waals surface area contributed by atoms with E-state index in [-0.39, 0.29) is 0 Å². The van der Waals surface area contributed by atoms with Gasteiger partial charge < -0.3 is 4.90 Å². The van der Waals surface area contributed by atoms with E-state index < -0.39 is 0 Å². The molecule has 1 nitrogen and oxygen atoms in total. The van der Waals surface area contributed by atoms with Gasteiger partial charge >= 0.3 is 0 Å². The van der Waals surface area contributed by atoms with Crippen LogP contribution in [0.2, 0.25) is 0 Å². The molecule has 1 heteroatoms. The highest BCUT2D eigenvalue weighted by Crippen LogP contribution is 2.20. The Morgan fingerprint density at radius 3 is 1.62 bits per heavy atom. The van der Waals surface area contributed by atoms with Crippen molar-refractivity contribution >= 4 is 0 Å². The summed E-state index contributed by atoms with van der Waals surface area (Å²) in [4.78, 5) is 2.68. The minimum atomic E-state index is 0.859. The molecular weight excluding hydrogens is 194 g/mol. The van der Waals surface area contributed by atoms with Crippen molar-refractivity contribution < 1.29 is 0 Å². The lowest BCUT2D eigenvalue weighted by Crippen LogP contribution is -2.40. The van der Waals surface area contributed by atoms with Crippen molar-refractivity contribution in [1.29, 1.82) is 0 Å². The van der Waals surface area contributed by atoms with Crippen LogP contribution in [0, 0.1) is 5.92 Å². The van der Waals surface area contributed by atoms with Crippen molar-refractivity contribution in [1.82, 2.24) is 4.90 Å². The van der Waals surface area contributed by atoms with Crippen LogP contribution in [0.3, 0.4) is 0 Å². The van der Waals surface area contributed by atoms with Gasteiger partial charge in [-0.15, -0.1) is 0 Å². The first-order valence-corrected chi connectivity index (χ1v) is 7.52. The monoisotopic (exact) mass is 229 g/mol. The third-order valence-corrected chi connectivity index (χ3v) is 3.28. The van der Waals surface area contributed by atoms with E-state index in [0.717, 1.165) is 12.0 Å². The van der Waals surface area contributed by atoms with E-state index >= 15 is 0 Å². The minimum absolute atomic E-state index is 0.859. The molecule has 0 aliphatic carbocycles. The predicted octanol–water partition coefficient (Wildman–Crippen LogP) is 4.96. The molecule has 0 unspecified atom stereocenters. The summed E-state index contributed by atoms with van der Waals surface area (Å²) in [6.45, 7) is 17.7. The first-order valence-electron chi connectivity index (χ1n) is 7.52. The molecule has 1 rings (SSSR count). The second-order valence-electron chi connectivity index (χ2n) is 4.19. The third-order valence-electron chi connectivity index (χ3n) is 3.28. The fourth-order valence-corrected chi connectivity index (χ4v) is 2.20. The van der Waals surface area contributed by atoms with Crippen LogP contribution in [0.5, 0.6) is 0 Å². The Labute approximate surface area is 105 Å². The normalized spacial score (nSPS) is 17.2. The Kier molecular flexibility index (Phi) is 14.9. The number of likely N-dealkylation sites (tertiary alicyclic amines) is 1. The molecule has 0 N–H and O–H groups in total. The zero-order chi connectivity index (χ0) is 13.0. The van der Waals surface area contributed by atoms with Crippen molar-refractivity contribution in [3.63, 3.8) is 0 Å². The number of rotatable bonds is 3. The van der Waals surface area contributed by atoms with Gasteiger partial charge in [0.15, 0.2) is 0 Å². The zero-order valence-electron chi connectivity index (χ0n) is 12.8. The van der Waals surface area contributed by atoms with E-state index in [1.807, 2.05) is 27.7 Å². The van der Waals surface area contributed by atoms with Gasteiger partial charge in [0.1, 0.15) is 0 Å². The number of nitrogens with zero attached hydrogens (tertiary/aromatic N) is 1. The fraction of sp³-hybridized carbons (Fsp3) is 1.00. The van der Waals surface area contributed by atoms with Gasteiger partial charge in [-0.25, -0.2) is 0 Å².